The highest BCUT2D eigenvalue weighted by atomic mass is 16.5. The Hall–Kier alpha value is -4.82. The Kier molecular flexibility index (Phi) is 4.96. The van der Waals surface area contributed by atoms with Gasteiger partial charge < -0.3 is 9.47 Å². The van der Waals surface area contributed by atoms with Crippen molar-refractivity contribution in [3.63, 3.8) is 0 Å². The summed E-state index contributed by atoms with van der Waals surface area (Å²) in [5.41, 5.74) is 10.9. The molecule has 2 atom stereocenters. The molecule has 0 amide bonds. The minimum atomic E-state index is -0.128. The van der Waals surface area contributed by atoms with Crippen LogP contribution in [0.15, 0.2) is 115 Å². The molecule has 0 bridgehead atoms. The van der Waals surface area contributed by atoms with Crippen molar-refractivity contribution in [3.05, 3.63) is 137 Å². The third-order valence-electron chi connectivity index (χ3n) is 10.4. The number of methoxy groups -OCH3 is 2. The van der Waals surface area contributed by atoms with Gasteiger partial charge in [-0.15, -0.1) is 0 Å². The van der Waals surface area contributed by atoms with Gasteiger partial charge in [-0.3, -0.25) is 0 Å². The van der Waals surface area contributed by atoms with Crippen molar-refractivity contribution in [1.82, 2.24) is 0 Å². The van der Waals surface area contributed by atoms with Crippen LogP contribution in [0, 0.1) is 0 Å². The van der Waals surface area contributed by atoms with Crippen LogP contribution in [0.1, 0.15) is 47.9 Å². The van der Waals surface area contributed by atoms with Crippen LogP contribution in [0.4, 0.5) is 0 Å². The number of ether oxygens (including phenoxy) is 2. The summed E-state index contributed by atoms with van der Waals surface area (Å²) in [6, 6.07) is 34.2. The van der Waals surface area contributed by atoms with E-state index in [0.717, 1.165) is 11.5 Å². The van der Waals surface area contributed by atoms with Crippen LogP contribution in [0.3, 0.4) is 0 Å². The normalized spacial score (nSPS) is 18.9. The molecule has 0 radical (unpaired) electrons. The van der Waals surface area contributed by atoms with Crippen LogP contribution in [-0.4, -0.2) is 14.2 Å². The third-order valence-corrected chi connectivity index (χ3v) is 10.4. The zero-order valence-corrected chi connectivity index (χ0v) is 24.9. The molecule has 0 saturated heterocycles. The first kappa shape index (κ1) is 24.7. The molecule has 0 spiro atoms. The first-order chi connectivity index (χ1) is 21.0. The summed E-state index contributed by atoms with van der Waals surface area (Å²) in [5, 5.41) is 7.67. The van der Waals surface area contributed by atoms with E-state index in [9.17, 15) is 0 Å². The van der Waals surface area contributed by atoms with Crippen molar-refractivity contribution in [1.29, 1.82) is 0 Å². The van der Waals surface area contributed by atoms with Gasteiger partial charge in [-0.2, -0.15) is 0 Å². The first-order valence-corrected chi connectivity index (χ1v) is 15.2. The fraction of sp³-hybridized carbons (Fsp3) is 0.171. The molecule has 0 aromatic heterocycles. The lowest BCUT2D eigenvalue weighted by atomic mass is 9.68. The Morgan fingerprint density at radius 2 is 1.21 bits per heavy atom. The van der Waals surface area contributed by atoms with Gasteiger partial charge in [0.2, 0.25) is 0 Å². The van der Waals surface area contributed by atoms with Gasteiger partial charge >= 0.3 is 0 Å². The number of hydrogen-bond acceptors (Lipinski definition) is 2. The summed E-state index contributed by atoms with van der Waals surface area (Å²) >= 11 is 0. The highest BCUT2D eigenvalue weighted by Gasteiger charge is 2.40. The van der Waals surface area contributed by atoms with Gasteiger partial charge in [0.25, 0.3) is 0 Å². The number of allylic oxidation sites excluding steroid dienone is 3. The second kappa shape index (κ2) is 8.61. The summed E-state index contributed by atoms with van der Waals surface area (Å²) in [7, 11) is 3.51. The maximum absolute atomic E-state index is 5.67. The van der Waals surface area contributed by atoms with Crippen LogP contribution in [0.25, 0.3) is 54.6 Å². The Morgan fingerprint density at radius 3 is 2.00 bits per heavy atom. The molecule has 6 aromatic rings. The molecule has 0 heterocycles. The number of rotatable bonds is 2. The molecular weight excluding hydrogens is 524 g/mol. The molecule has 2 heteroatoms. The molecule has 0 aliphatic heterocycles. The van der Waals surface area contributed by atoms with E-state index in [1.165, 1.54) is 76.8 Å². The van der Waals surface area contributed by atoms with Gasteiger partial charge in [0.15, 0.2) is 0 Å². The van der Waals surface area contributed by atoms with E-state index in [1.54, 1.807) is 14.2 Å². The van der Waals surface area contributed by atoms with Crippen LogP contribution in [0.5, 0.6) is 5.75 Å². The molecule has 3 aliphatic rings. The maximum Gasteiger partial charge on any atom is 0.119 e. The summed E-state index contributed by atoms with van der Waals surface area (Å²) < 4.78 is 11.3. The van der Waals surface area contributed by atoms with Gasteiger partial charge in [-0.05, 0) is 119 Å². The lowest BCUT2D eigenvalue weighted by Gasteiger charge is -2.35. The van der Waals surface area contributed by atoms with Crippen molar-refractivity contribution in [3.8, 4) is 28.0 Å². The number of hydrogen-bond donors (Lipinski definition) is 0. The Labute approximate surface area is 251 Å². The fourth-order valence-corrected chi connectivity index (χ4v) is 8.26. The monoisotopic (exact) mass is 556 g/mol. The van der Waals surface area contributed by atoms with Gasteiger partial charge in [-0.25, -0.2) is 0 Å². The van der Waals surface area contributed by atoms with Crippen molar-refractivity contribution in [2.24, 2.45) is 0 Å². The number of benzene rings is 6. The SMILES string of the molecule is COC1=CC2c3ccccc3-c3cc4c(cc3C2C=C1)C(C)(C)c1cc2c3ccc(OC)cc3c3ccccc3c2cc1-4. The molecule has 2 unspecified atom stereocenters. The molecule has 2 nitrogen and oxygen atoms in total. The molecular formula is C41H32O2. The Morgan fingerprint density at radius 1 is 0.535 bits per heavy atom. The Bertz CT molecular complexity index is 2250. The van der Waals surface area contributed by atoms with Crippen molar-refractivity contribution < 1.29 is 9.47 Å². The standard InChI is InChI=1S/C41H32O2/c1-41(2)39-21-35-29-15-13-23(42-3)17-31(29)25-9-5-7-11-27(25)33(35)19-37(39)38-20-34-28-12-8-6-10-26(28)32-18-24(43-4)14-16-30(32)36(34)22-40(38)41/h5-22,29,31H,1-4H3. The summed E-state index contributed by atoms with van der Waals surface area (Å²) in [6.45, 7) is 4.80. The predicted octanol–water partition coefficient (Wildman–Crippen LogP) is 10.4. The minimum absolute atomic E-state index is 0.128. The fourth-order valence-electron chi connectivity index (χ4n) is 8.26. The highest BCUT2D eigenvalue weighted by Crippen LogP contribution is 2.57. The zero-order chi connectivity index (χ0) is 29.0. The van der Waals surface area contributed by atoms with Gasteiger partial charge in [0, 0.05) is 17.3 Å². The van der Waals surface area contributed by atoms with Crippen molar-refractivity contribution in [2.45, 2.75) is 31.1 Å². The number of fused-ring (bicyclic) bond motifs is 15. The van der Waals surface area contributed by atoms with E-state index in [-0.39, 0.29) is 17.3 Å². The molecule has 43 heavy (non-hydrogen) atoms. The molecule has 208 valence electrons. The maximum atomic E-state index is 5.67. The van der Waals surface area contributed by atoms with Crippen LogP contribution in [-0.2, 0) is 10.2 Å². The lowest BCUT2D eigenvalue weighted by Crippen LogP contribution is -2.20. The van der Waals surface area contributed by atoms with Crippen molar-refractivity contribution in [2.75, 3.05) is 14.2 Å². The van der Waals surface area contributed by atoms with E-state index in [4.69, 9.17) is 9.47 Å². The summed E-state index contributed by atoms with van der Waals surface area (Å²) in [6.07, 6.45) is 6.79. The second-order valence-electron chi connectivity index (χ2n) is 12.8. The van der Waals surface area contributed by atoms with E-state index in [0.29, 0.717) is 0 Å². The third kappa shape index (κ3) is 3.24. The largest absolute Gasteiger partial charge is 0.497 e. The lowest BCUT2D eigenvalue weighted by molar-refractivity contribution is 0.301. The first-order valence-electron chi connectivity index (χ1n) is 15.2. The zero-order valence-electron chi connectivity index (χ0n) is 24.9. The molecule has 0 fully saturated rings. The van der Waals surface area contributed by atoms with Crippen molar-refractivity contribution >= 4 is 32.3 Å². The van der Waals surface area contributed by atoms with Crippen LogP contribution >= 0.6 is 0 Å². The molecule has 0 saturated carbocycles. The molecule has 0 N–H and O–H groups in total. The topological polar surface area (TPSA) is 18.5 Å². The highest BCUT2D eigenvalue weighted by molar-refractivity contribution is 6.26. The van der Waals surface area contributed by atoms with E-state index >= 15 is 0 Å². The average Bonchev–Trinajstić information content (AvgIpc) is 3.27. The molecule has 3 aliphatic carbocycles. The minimum Gasteiger partial charge on any atom is -0.497 e. The van der Waals surface area contributed by atoms with E-state index in [2.05, 4.69) is 123 Å². The van der Waals surface area contributed by atoms with Gasteiger partial charge in [0.1, 0.15) is 11.5 Å². The molecule has 9 rings (SSSR count). The smallest absolute Gasteiger partial charge is 0.119 e. The quantitative estimate of drug-likeness (QED) is 0.198. The predicted molar refractivity (Wildman–Crippen MR) is 178 cm³/mol. The molecule has 6 aromatic carbocycles. The van der Waals surface area contributed by atoms with Crippen LogP contribution < -0.4 is 4.74 Å². The van der Waals surface area contributed by atoms with Gasteiger partial charge in [0.05, 0.1) is 14.2 Å². The average molecular weight is 557 g/mol. The Balaban J connectivity index is 1.34. The summed E-state index contributed by atoms with van der Waals surface area (Å²) in [4.78, 5) is 0. The van der Waals surface area contributed by atoms with Gasteiger partial charge in [-0.1, -0.05) is 80.6 Å². The van der Waals surface area contributed by atoms with E-state index < -0.39 is 0 Å². The summed E-state index contributed by atoms with van der Waals surface area (Å²) in [5.74, 6) is 2.39. The van der Waals surface area contributed by atoms with Crippen LogP contribution in [0.2, 0.25) is 0 Å². The van der Waals surface area contributed by atoms with E-state index in [1.807, 2.05) is 0 Å². The second-order valence-corrected chi connectivity index (χ2v) is 12.8.